The van der Waals surface area contributed by atoms with Gasteiger partial charge in [0.15, 0.2) is 0 Å². The number of amides is 1. The number of ether oxygens (including phenoxy) is 2. The Labute approximate surface area is 156 Å². The fraction of sp³-hybridized carbons (Fsp3) is 0.529. The Morgan fingerprint density at radius 2 is 2.16 bits per heavy atom. The van der Waals surface area contributed by atoms with E-state index in [1.54, 1.807) is 7.11 Å². The summed E-state index contributed by atoms with van der Waals surface area (Å²) >= 11 is 3.57. The number of aromatic nitrogens is 2. The topological polar surface area (TPSA) is 68.1 Å². The van der Waals surface area contributed by atoms with Gasteiger partial charge in [-0.15, -0.1) is 0 Å². The molecule has 7 nitrogen and oxygen atoms in total. The number of carbonyl (C=O) groups excluding carboxylic acids is 1. The molecule has 2 aromatic rings. The maximum Gasteiger partial charge on any atom is 0.407 e. The zero-order chi connectivity index (χ0) is 18.6. The molecule has 1 amide bonds. The van der Waals surface area contributed by atoms with Crippen LogP contribution in [0.1, 0.15) is 26.3 Å². The van der Waals surface area contributed by atoms with Crippen molar-refractivity contribution in [3.05, 3.63) is 28.5 Å². The number of carbonyl (C=O) groups is 1. The van der Waals surface area contributed by atoms with Crippen molar-refractivity contribution < 1.29 is 14.3 Å². The van der Waals surface area contributed by atoms with Gasteiger partial charge >= 0.3 is 6.09 Å². The molecule has 0 bridgehead atoms. The molecule has 0 aliphatic heterocycles. The van der Waals surface area contributed by atoms with Gasteiger partial charge in [0.05, 0.1) is 12.8 Å². The summed E-state index contributed by atoms with van der Waals surface area (Å²) in [6.07, 6.45) is 3.33. The summed E-state index contributed by atoms with van der Waals surface area (Å²) in [6, 6.07) is 1.94. The predicted octanol–water partition coefficient (Wildman–Crippen LogP) is 3.20. The Balaban J connectivity index is 2.13. The number of anilines is 1. The second-order valence-electron chi connectivity index (χ2n) is 6.76. The number of methoxy groups -OCH3 is 1. The normalized spacial score (nSPS) is 11.6. The molecule has 0 aliphatic carbocycles. The number of likely N-dealkylation sites (N-methyl/N-ethyl adjacent to an activating group) is 1. The van der Waals surface area contributed by atoms with Crippen molar-refractivity contribution in [1.29, 1.82) is 0 Å². The lowest BCUT2D eigenvalue weighted by atomic mass is 10.2. The lowest BCUT2D eigenvalue weighted by Gasteiger charge is -2.20. The highest BCUT2D eigenvalue weighted by atomic mass is 79.9. The maximum absolute atomic E-state index is 11.8. The summed E-state index contributed by atoms with van der Waals surface area (Å²) in [5, 5.41) is 2.76. The lowest BCUT2D eigenvalue weighted by molar-refractivity contribution is 0.0523. The average Bonchev–Trinajstić information content (AvgIpc) is 2.91. The van der Waals surface area contributed by atoms with Crippen LogP contribution in [0.25, 0.3) is 5.65 Å². The lowest BCUT2D eigenvalue weighted by Crippen LogP contribution is -2.32. The van der Waals surface area contributed by atoms with Gasteiger partial charge in [-0.05, 0) is 48.3 Å². The van der Waals surface area contributed by atoms with E-state index in [1.165, 1.54) is 0 Å². The number of fused-ring (bicyclic) bond motifs is 1. The Bertz CT molecular complexity index is 739. The first-order valence-electron chi connectivity index (χ1n) is 8.03. The van der Waals surface area contributed by atoms with E-state index < -0.39 is 11.7 Å². The second-order valence-corrected chi connectivity index (χ2v) is 7.62. The molecule has 25 heavy (non-hydrogen) atoms. The van der Waals surface area contributed by atoms with Crippen molar-refractivity contribution in [3.63, 3.8) is 0 Å². The fourth-order valence-corrected chi connectivity index (χ4v) is 2.73. The molecule has 8 heteroatoms. The smallest absolute Gasteiger partial charge is 0.407 e. The van der Waals surface area contributed by atoms with Gasteiger partial charge in [0.1, 0.15) is 17.1 Å². The molecule has 2 aromatic heterocycles. The number of halogens is 1. The fourth-order valence-electron chi connectivity index (χ4n) is 2.27. The number of hydrogen-bond acceptors (Lipinski definition) is 5. The minimum Gasteiger partial charge on any atom is -0.444 e. The molecular formula is C17H25BrN4O3. The predicted molar refractivity (Wildman–Crippen MR) is 101 cm³/mol. The quantitative estimate of drug-likeness (QED) is 0.788. The van der Waals surface area contributed by atoms with Crippen molar-refractivity contribution in [2.75, 3.05) is 32.2 Å². The molecule has 2 heterocycles. The van der Waals surface area contributed by atoms with Crippen LogP contribution in [-0.4, -0.2) is 48.4 Å². The number of imidazole rings is 1. The number of rotatable bonds is 6. The first-order chi connectivity index (χ1) is 11.7. The summed E-state index contributed by atoms with van der Waals surface area (Å²) < 4.78 is 13.3. The van der Waals surface area contributed by atoms with E-state index in [9.17, 15) is 4.79 Å². The Hall–Kier alpha value is -1.80. The van der Waals surface area contributed by atoms with Gasteiger partial charge in [-0.25, -0.2) is 9.78 Å². The first kappa shape index (κ1) is 19.5. The molecule has 0 radical (unpaired) electrons. The van der Waals surface area contributed by atoms with Gasteiger partial charge in [-0.3, -0.25) is 4.40 Å². The van der Waals surface area contributed by atoms with Gasteiger partial charge in [-0.2, -0.15) is 0 Å². The minimum atomic E-state index is -0.518. The van der Waals surface area contributed by atoms with Gasteiger partial charge in [-0.1, -0.05) is 0 Å². The van der Waals surface area contributed by atoms with Gasteiger partial charge in [0.2, 0.25) is 0 Å². The number of hydrogen-bond donors (Lipinski definition) is 1. The zero-order valence-electron chi connectivity index (χ0n) is 15.3. The molecule has 0 atom stereocenters. The summed E-state index contributed by atoms with van der Waals surface area (Å²) in [6.45, 7) is 7.27. The molecule has 1 N–H and O–H groups in total. The molecule has 138 valence electrons. The highest BCUT2D eigenvalue weighted by molar-refractivity contribution is 9.10. The molecule has 0 unspecified atom stereocenters. The number of pyridine rings is 1. The van der Waals surface area contributed by atoms with E-state index in [0.717, 1.165) is 28.0 Å². The van der Waals surface area contributed by atoms with E-state index in [0.29, 0.717) is 13.2 Å². The Morgan fingerprint density at radius 3 is 2.80 bits per heavy atom. The van der Waals surface area contributed by atoms with Crippen molar-refractivity contribution in [2.24, 2.45) is 0 Å². The van der Waals surface area contributed by atoms with Crippen LogP contribution < -0.4 is 10.2 Å². The maximum atomic E-state index is 11.8. The van der Waals surface area contributed by atoms with Crippen LogP contribution in [0.15, 0.2) is 22.9 Å². The van der Waals surface area contributed by atoms with Crippen LogP contribution in [0.2, 0.25) is 0 Å². The Morgan fingerprint density at radius 1 is 1.44 bits per heavy atom. The number of alkyl carbamates (subject to hydrolysis) is 1. The molecule has 0 fully saturated rings. The van der Waals surface area contributed by atoms with Crippen molar-refractivity contribution in [1.82, 2.24) is 14.7 Å². The third kappa shape index (κ3) is 5.34. The number of nitrogens with zero attached hydrogens (tertiary/aromatic N) is 3. The molecule has 0 spiro atoms. The first-order valence-corrected chi connectivity index (χ1v) is 8.83. The summed E-state index contributed by atoms with van der Waals surface area (Å²) in [5.74, 6) is 0.972. The van der Waals surface area contributed by atoms with Gasteiger partial charge in [0, 0.05) is 37.9 Å². The monoisotopic (exact) mass is 412 g/mol. The Kier molecular flexibility index (Phi) is 6.29. The van der Waals surface area contributed by atoms with Crippen LogP contribution in [0.4, 0.5) is 10.6 Å². The van der Waals surface area contributed by atoms with Gasteiger partial charge < -0.3 is 19.7 Å². The van der Waals surface area contributed by atoms with E-state index in [2.05, 4.69) is 31.1 Å². The summed E-state index contributed by atoms with van der Waals surface area (Å²) in [5.41, 5.74) is 1.22. The largest absolute Gasteiger partial charge is 0.444 e. The molecule has 0 aromatic carbocycles. The second kappa shape index (κ2) is 8.05. The van der Waals surface area contributed by atoms with Crippen LogP contribution in [-0.2, 0) is 16.0 Å². The highest BCUT2D eigenvalue weighted by Crippen LogP contribution is 2.23. The van der Waals surface area contributed by atoms with E-state index in [1.807, 2.05) is 50.7 Å². The van der Waals surface area contributed by atoms with E-state index >= 15 is 0 Å². The minimum absolute atomic E-state index is 0.355. The molecular weight excluding hydrogens is 388 g/mol. The third-order valence-electron chi connectivity index (χ3n) is 3.50. The van der Waals surface area contributed by atoms with Gasteiger partial charge in [0.25, 0.3) is 0 Å². The van der Waals surface area contributed by atoms with E-state index in [4.69, 9.17) is 9.47 Å². The molecule has 0 aliphatic rings. The van der Waals surface area contributed by atoms with Crippen molar-refractivity contribution in [2.45, 2.75) is 32.9 Å². The van der Waals surface area contributed by atoms with Crippen LogP contribution in [0, 0.1) is 0 Å². The van der Waals surface area contributed by atoms with Crippen molar-refractivity contribution in [3.8, 4) is 0 Å². The molecule has 0 saturated heterocycles. The van der Waals surface area contributed by atoms with Crippen molar-refractivity contribution >= 4 is 33.5 Å². The average molecular weight is 413 g/mol. The SMILES string of the molecule is COCCN(C)c1cnc2cc(CNC(=O)OC(C)(C)C)c(Br)cn12. The van der Waals surface area contributed by atoms with Crippen LogP contribution in [0.5, 0.6) is 0 Å². The number of nitrogens with one attached hydrogen (secondary N) is 1. The van der Waals surface area contributed by atoms with Crippen LogP contribution in [0.3, 0.4) is 0 Å². The highest BCUT2D eigenvalue weighted by Gasteiger charge is 2.17. The summed E-state index contributed by atoms with van der Waals surface area (Å²) in [7, 11) is 3.68. The third-order valence-corrected chi connectivity index (χ3v) is 4.22. The standard InChI is InChI=1S/C17H25BrN4O3/c1-17(2,3)25-16(23)20-9-12-8-14-19-10-15(21(4)6-7-24-5)22(14)11-13(12)18/h8,10-11H,6-7,9H2,1-5H3,(H,20,23). The van der Waals surface area contributed by atoms with E-state index in [-0.39, 0.29) is 0 Å². The molecule has 2 rings (SSSR count). The molecule has 0 saturated carbocycles. The zero-order valence-corrected chi connectivity index (χ0v) is 16.9. The summed E-state index contributed by atoms with van der Waals surface area (Å²) in [4.78, 5) is 18.3. The van der Waals surface area contributed by atoms with Crippen LogP contribution >= 0.6 is 15.9 Å².